The maximum atomic E-state index is 13.0. The molecule has 2 nitrogen and oxygen atoms in total. The van der Waals surface area contributed by atoms with E-state index in [0.29, 0.717) is 17.4 Å². The molecule has 0 amide bonds. The monoisotopic (exact) mass is 246 g/mol. The molecule has 0 aromatic heterocycles. The van der Waals surface area contributed by atoms with Crippen LogP contribution in [0.25, 0.3) is 0 Å². The molecule has 0 heterocycles. The van der Waals surface area contributed by atoms with E-state index in [2.05, 4.69) is 15.9 Å². The molecule has 0 bridgehead atoms. The summed E-state index contributed by atoms with van der Waals surface area (Å²) in [7, 11) is 0. The molecule has 0 aliphatic rings. The number of hydrogen-bond acceptors (Lipinski definition) is 2. The molecule has 13 heavy (non-hydrogen) atoms. The van der Waals surface area contributed by atoms with Crippen LogP contribution >= 0.6 is 15.9 Å². The summed E-state index contributed by atoms with van der Waals surface area (Å²) in [6.45, 7) is 0.504. The summed E-state index contributed by atoms with van der Waals surface area (Å²) >= 11 is 3.15. The molecule has 0 unspecified atom stereocenters. The predicted octanol–water partition coefficient (Wildman–Crippen LogP) is 1.94. The largest absolute Gasteiger partial charge is 0.330 e. The van der Waals surface area contributed by atoms with Crippen molar-refractivity contribution in [3.05, 3.63) is 34.1 Å². The Morgan fingerprint density at radius 2 is 2.15 bits per heavy atom. The van der Waals surface area contributed by atoms with Crippen molar-refractivity contribution in [2.45, 2.75) is 12.5 Å². The van der Waals surface area contributed by atoms with Crippen LogP contribution in [0.5, 0.6) is 0 Å². The average molecular weight is 247 g/mol. The van der Waals surface area contributed by atoms with Crippen LogP contribution < -0.4 is 11.5 Å². The third-order valence-electron chi connectivity index (χ3n) is 1.86. The van der Waals surface area contributed by atoms with Crippen molar-refractivity contribution in [3.8, 4) is 0 Å². The second kappa shape index (κ2) is 4.69. The van der Waals surface area contributed by atoms with Gasteiger partial charge >= 0.3 is 0 Å². The van der Waals surface area contributed by atoms with E-state index in [1.165, 1.54) is 6.07 Å². The summed E-state index contributed by atoms with van der Waals surface area (Å²) in [5.41, 5.74) is 11.9. The fraction of sp³-hybridized carbons (Fsp3) is 0.333. The van der Waals surface area contributed by atoms with Crippen LogP contribution in [0.1, 0.15) is 18.0 Å². The Hall–Kier alpha value is -0.450. The lowest BCUT2D eigenvalue weighted by molar-refractivity contribution is 0.603. The Morgan fingerprint density at radius 3 is 2.77 bits per heavy atom. The number of benzene rings is 1. The first-order valence-corrected chi connectivity index (χ1v) is 4.85. The van der Waals surface area contributed by atoms with Crippen LogP contribution in [-0.4, -0.2) is 6.54 Å². The number of halogens is 2. The summed E-state index contributed by atoms with van der Waals surface area (Å²) in [6, 6.07) is 4.64. The quantitative estimate of drug-likeness (QED) is 0.857. The third kappa shape index (κ3) is 2.49. The highest BCUT2D eigenvalue weighted by Crippen LogP contribution is 2.25. The summed E-state index contributed by atoms with van der Waals surface area (Å²) in [5.74, 6) is -0.287. The molecule has 1 rings (SSSR count). The Labute approximate surface area is 85.2 Å². The maximum absolute atomic E-state index is 13.0. The Kier molecular flexibility index (Phi) is 3.84. The van der Waals surface area contributed by atoms with Gasteiger partial charge in [-0.15, -0.1) is 0 Å². The molecule has 1 aromatic carbocycles. The van der Waals surface area contributed by atoms with Crippen molar-refractivity contribution in [2.24, 2.45) is 11.5 Å². The molecule has 0 aliphatic heterocycles. The van der Waals surface area contributed by atoms with Crippen LogP contribution in [0, 0.1) is 5.82 Å². The molecule has 1 atom stereocenters. The van der Waals surface area contributed by atoms with E-state index < -0.39 is 0 Å². The summed E-state index contributed by atoms with van der Waals surface area (Å²) in [6.07, 6.45) is 0.655. The average Bonchev–Trinajstić information content (AvgIpc) is 2.10. The minimum Gasteiger partial charge on any atom is -0.330 e. The molecule has 1 aromatic rings. The van der Waals surface area contributed by atoms with Crippen LogP contribution in [0.3, 0.4) is 0 Å². The first-order valence-electron chi connectivity index (χ1n) is 4.06. The van der Waals surface area contributed by atoms with Gasteiger partial charge < -0.3 is 11.5 Å². The van der Waals surface area contributed by atoms with Crippen LogP contribution in [0.4, 0.5) is 4.39 Å². The van der Waals surface area contributed by atoms with E-state index in [9.17, 15) is 4.39 Å². The molecule has 4 heteroatoms. The zero-order valence-corrected chi connectivity index (χ0v) is 8.72. The second-order valence-corrected chi connectivity index (χ2v) is 3.62. The first-order chi connectivity index (χ1) is 6.16. The van der Waals surface area contributed by atoms with E-state index in [-0.39, 0.29) is 11.9 Å². The Morgan fingerprint density at radius 1 is 1.46 bits per heavy atom. The maximum Gasteiger partial charge on any atom is 0.137 e. The highest BCUT2D eigenvalue weighted by molar-refractivity contribution is 9.10. The standard InChI is InChI=1S/C9H12BrFN2/c10-9-6(8(13)4-5-12)2-1-3-7(9)11/h1-3,8H,4-5,12-13H2/t8-/m1/s1. The van der Waals surface area contributed by atoms with Crippen molar-refractivity contribution in [1.82, 2.24) is 0 Å². The fourth-order valence-corrected chi connectivity index (χ4v) is 1.70. The lowest BCUT2D eigenvalue weighted by Gasteiger charge is -2.12. The summed E-state index contributed by atoms with van der Waals surface area (Å²) in [5, 5.41) is 0. The second-order valence-electron chi connectivity index (χ2n) is 2.83. The van der Waals surface area contributed by atoms with Gasteiger partial charge in [0.15, 0.2) is 0 Å². The normalized spacial score (nSPS) is 12.9. The third-order valence-corrected chi connectivity index (χ3v) is 2.70. The molecular formula is C9H12BrFN2. The summed E-state index contributed by atoms with van der Waals surface area (Å²) in [4.78, 5) is 0. The van der Waals surface area contributed by atoms with Crippen molar-refractivity contribution < 1.29 is 4.39 Å². The number of hydrogen-bond donors (Lipinski definition) is 2. The lowest BCUT2D eigenvalue weighted by Crippen LogP contribution is -2.16. The van der Waals surface area contributed by atoms with Gasteiger partial charge in [-0.1, -0.05) is 12.1 Å². The molecule has 4 N–H and O–H groups in total. The van der Waals surface area contributed by atoms with Gasteiger partial charge in [-0.05, 0) is 40.5 Å². The van der Waals surface area contributed by atoms with Gasteiger partial charge in [0.25, 0.3) is 0 Å². The minimum atomic E-state index is -0.287. The van der Waals surface area contributed by atoms with Crippen molar-refractivity contribution in [1.29, 1.82) is 0 Å². The molecule has 0 spiro atoms. The van der Waals surface area contributed by atoms with E-state index in [0.717, 1.165) is 5.56 Å². The zero-order chi connectivity index (χ0) is 9.84. The smallest absolute Gasteiger partial charge is 0.137 e. The molecule has 0 saturated carbocycles. The van der Waals surface area contributed by atoms with E-state index in [1.807, 2.05) is 0 Å². The summed E-state index contributed by atoms with van der Waals surface area (Å²) < 4.78 is 13.5. The zero-order valence-electron chi connectivity index (χ0n) is 7.13. The van der Waals surface area contributed by atoms with Gasteiger partial charge in [0.05, 0.1) is 4.47 Å². The number of rotatable bonds is 3. The molecule has 0 radical (unpaired) electrons. The Balaban J connectivity index is 2.93. The fourth-order valence-electron chi connectivity index (χ4n) is 1.14. The van der Waals surface area contributed by atoms with Gasteiger partial charge in [0.1, 0.15) is 5.82 Å². The SMILES string of the molecule is NCC[C@@H](N)c1cccc(F)c1Br. The van der Waals surface area contributed by atoms with Gasteiger partial charge in [-0.2, -0.15) is 0 Å². The van der Waals surface area contributed by atoms with Gasteiger partial charge in [-0.3, -0.25) is 0 Å². The van der Waals surface area contributed by atoms with Crippen LogP contribution in [0.15, 0.2) is 22.7 Å². The van der Waals surface area contributed by atoms with E-state index >= 15 is 0 Å². The van der Waals surface area contributed by atoms with Crippen molar-refractivity contribution >= 4 is 15.9 Å². The number of nitrogens with two attached hydrogens (primary N) is 2. The lowest BCUT2D eigenvalue weighted by atomic mass is 10.1. The molecule has 0 aliphatic carbocycles. The van der Waals surface area contributed by atoms with E-state index in [1.54, 1.807) is 12.1 Å². The highest BCUT2D eigenvalue weighted by atomic mass is 79.9. The molecule has 0 saturated heterocycles. The van der Waals surface area contributed by atoms with Crippen molar-refractivity contribution in [2.75, 3.05) is 6.54 Å². The molecular weight excluding hydrogens is 235 g/mol. The van der Waals surface area contributed by atoms with Crippen molar-refractivity contribution in [3.63, 3.8) is 0 Å². The Bertz CT molecular complexity index is 291. The molecule has 0 fully saturated rings. The predicted molar refractivity (Wildman–Crippen MR) is 54.7 cm³/mol. The topological polar surface area (TPSA) is 52.0 Å². The van der Waals surface area contributed by atoms with Crippen LogP contribution in [0.2, 0.25) is 0 Å². The van der Waals surface area contributed by atoms with Gasteiger partial charge in [0, 0.05) is 6.04 Å². The van der Waals surface area contributed by atoms with Crippen LogP contribution in [-0.2, 0) is 0 Å². The first kappa shape index (κ1) is 10.6. The van der Waals surface area contributed by atoms with Gasteiger partial charge in [-0.25, -0.2) is 4.39 Å². The highest BCUT2D eigenvalue weighted by Gasteiger charge is 2.11. The van der Waals surface area contributed by atoms with E-state index in [4.69, 9.17) is 11.5 Å². The molecule has 72 valence electrons. The van der Waals surface area contributed by atoms with Gasteiger partial charge in [0.2, 0.25) is 0 Å². The minimum absolute atomic E-state index is 0.199.